The van der Waals surface area contributed by atoms with Crippen LogP contribution in [0, 0.1) is 42.0 Å². The van der Waals surface area contributed by atoms with Crippen LogP contribution in [0.3, 0.4) is 0 Å². The van der Waals surface area contributed by atoms with Crippen molar-refractivity contribution in [1.29, 1.82) is 0 Å². The normalized spacial score (nSPS) is 39.1. The summed E-state index contributed by atoms with van der Waals surface area (Å²) in [4.78, 5) is 12.3. The predicted octanol–water partition coefficient (Wildman–Crippen LogP) is 3.29. The van der Waals surface area contributed by atoms with Gasteiger partial charge in [0.25, 0.3) is 0 Å². The number of benzene rings is 1. The fraction of sp³-hybridized carbons (Fsp3) is 0.611. The Balaban J connectivity index is 1.73. The van der Waals surface area contributed by atoms with Crippen LogP contribution in [0.2, 0.25) is 0 Å². The van der Waals surface area contributed by atoms with Gasteiger partial charge in [-0.1, -0.05) is 0 Å². The average Bonchev–Trinajstić information content (AvgIpc) is 2.74. The Morgan fingerprint density at radius 3 is 2.90 bits per heavy atom. The van der Waals surface area contributed by atoms with Crippen molar-refractivity contribution in [3.63, 3.8) is 0 Å². The number of hydrogen-bond donors (Lipinski definition) is 0. The van der Waals surface area contributed by atoms with Gasteiger partial charge in [0.1, 0.15) is 0 Å². The second kappa shape index (κ2) is 4.63. The Kier molecular flexibility index (Phi) is 3.11. The van der Waals surface area contributed by atoms with Gasteiger partial charge in [-0.3, -0.25) is 0 Å². The molecule has 0 saturated heterocycles. The zero-order chi connectivity index (χ0) is 13.9. The molecule has 106 valence electrons. The van der Waals surface area contributed by atoms with E-state index in [9.17, 15) is 4.79 Å². The second-order valence-electron chi connectivity index (χ2n) is 7.18. The summed E-state index contributed by atoms with van der Waals surface area (Å²) in [6.07, 6.45) is 6.88. The second-order valence-corrected chi connectivity index (χ2v) is 8.87. The molecule has 1 aromatic rings. The number of fused-ring (bicyclic) bond motifs is 5. The summed E-state index contributed by atoms with van der Waals surface area (Å²) in [5, 5.41) is 0. The first-order chi connectivity index (χ1) is 9.59. The van der Waals surface area contributed by atoms with Crippen molar-refractivity contribution < 1.29 is 29.5 Å². The number of hydrogen-bond acceptors (Lipinski definition) is 1. The summed E-state index contributed by atoms with van der Waals surface area (Å²) in [7, 11) is 0. The van der Waals surface area contributed by atoms with Crippen LogP contribution in [0.1, 0.15) is 56.1 Å². The topological polar surface area (TPSA) is 17.1 Å². The zero-order valence-corrected chi connectivity index (χ0v) is 14.9. The SMILES string of the molecule is C[C@]12CC[C@@H]3c4ccc([211At])cc4CC[C@H]3[C@@H]1CCC2=O. The van der Waals surface area contributed by atoms with Crippen LogP contribution in [-0.4, -0.2) is 5.78 Å². The van der Waals surface area contributed by atoms with Gasteiger partial charge in [0.2, 0.25) is 0 Å². The summed E-state index contributed by atoms with van der Waals surface area (Å²) >= 11 is 1.78. The molecule has 0 heterocycles. The molecule has 2 heteroatoms. The van der Waals surface area contributed by atoms with E-state index < -0.39 is 0 Å². The van der Waals surface area contributed by atoms with E-state index in [1.807, 2.05) is 0 Å². The van der Waals surface area contributed by atoms with Crippen molar-refractivity contribution in [2.45, 2.75) is 51.4 Å². The third-order valence-corrected chi connectivity index (χ3v) is 7.31. The molecule has 0 spiro atoms. The standard InChI is InChI=1S/C18H21AtO/c1-18-9-8-14-13-5-3-12(19)10-11(13)2-4-15(14)16(18)6-7-17(18)20/h3,5,10,14-16H,2,4,6-9H2,1H3/t14-,15-,16+,18+/m1/s1/i19+1. The van der Waals surface area contributed by atoms with E-state index in [1.54, 1.807) is 35.8 Å². The van der Waals surface area contributed by atoms with Gasteiger partial charge in [0.05, 0.1) is 0 Å². The van der Waals surface area contributed by atoms with Gasteiger partial charge >= 0.3 is 137 Å². The van der Waals surface area contributed by atoms with E-state index in [1.165, 1.54) is 22.5 Å². The molecular formula is C18H21AtO. The molecule has 3 aliphatic carbocycles. The molecule has 4 rings (SSSR count). The molecule has 0 aliphatic heterocycles. The molecule has 0 amide bonds. The zero-order valence-electron chi connectivity index (χ0n) is 12.0. The molecule has 0 N–H and O–H groups in total. The van der Waals surface area contributed by atoms with E-state index >= 15 is 0 Å². The first-order valence-corrected chi connectivity index (χ1v) is 9.38. The number of carbonyl (C=O) groups is 1. The summed E-state index contributed by atoms with van der Waals surface area (Å²) in [5.74, 6) is 2.71. The molecule has 0 radical (unpaired) electrons. The molecule has 1 nitrogen and oxygen atoms in total. The minimum atomic E-state index is 0.0200. The molecule has 20 heavy (non-hydrogen) atoms. The van der Waals surface area contributed by atoms with Gasteiger partial charge in [0.15, 0.2) is 0 Å². The Morgan fingerprint density at radius 1 is 1.20 bits per heavy atom. The maximum atomic E-state index is 12.3. The molecule has 1 aromatic carbocycles. The molecule has 3 aliphatic rings. The van der Waals surface area contributed by atoms with E-state index in [0.29, 0.717) is 11.7 Å². The Bertz CT molecular complexity index is 579. The van der Waals surface area contributed by atoms with Gasteiger partial charge in [-0.15, -0.1) is 0 Å². The van der Waals surface area contributed by atoms with Gasteiger partial charge in [-0.2, -0.15) is 0 Å². The van der Waals surface area contributed by atoms with E-state index in [-0.39, 0.29) is 5.41 Å². The van der Waals surface area contributed by atoms with Crippen molar-refractivity contribution >= 4 is 9.05 Å². The number of ketones is 1. The minimum absolute atomic E-state index is 0.0200. The van der Waals surface area contributed by atoms with Gasteiger partial charge in [-0.25, -0.2) is 0 Å². The van der Waals surface area contributed by atoms with Crippen molar-refractivity contribution in [2.24, 2.45) is 17.3 Å². The van der Waals surface area contributed by atoms with Crippen molar-refractivity contribution in [2.75, 3.05) is 0 Å². The first kappa shape index (κ1) is 13.4. The monoisotopic (exact) mass is 464 g/mol. The predicted molar refractivity (Wildman–Crippen MR) is 75.7 cm³/mol. The van der Waals surface area contributed by atoms with Crippen LogP contribution < -0.4 is 3.27 Å². The van der Waals surface area contributed by atoms with Crippen LogP contribution in [-0.2, 0) is 11.2 Å². The summed E-state index contributed by atoms with van der Waals surface area (Å²) < 4.78 is 1.44. The van der Waals surface area contributed by atoms with E-state index in [4.69, 9.17) is 0 Å². The van der Waals surface area contributed by atoms with Crippen LogP contribution in [0.15, 0.2) is 18.2 Å². The average molecular weight is 464 g/mol. The Morgan fingerprint density at radius 2 is 2.05 bits per heavy atom. The third kappa shape index (κ3) is 1.80. The molecule has 0 bridgehead atoms. The maximum absolute atomic E-state index is 12.3. The van der Waals surface area contributed by atoms with Crippen molar-refractivity contribution in [3.05, 3.63) is 29.3 Å². The molecule has 0 aromatic heterocycles. The molecule has 2 saturated carbocycles. The van der Waals surface area contributed by atoms with E-state index in [0.717, 1.165) is 31.1 Å². The van der Waals surface area contributed by atoms with Crippen LogP contribution in [0.25, 0.3) is 0 Å². The number of rotatable bonds is 0. The fourth-order valence-electron chi connectivity index (χ4n) is 5.32. The number of aryl methyl sites for hydroxylation is 1. The van der Waals surface area contributed by atoms with Crippen molar-refractivity contribution in [3.8, 4) is 0 Å². The number of Topliss-reactive ketones (excluding diaryl/α,β-unsaturated/α-hetero) is 1. The summed E-state index contributed by atoms with van der Waals surface area (Å²) in [6, 6.07) is 7.10. The number of carbonyl (C=O) groups excluding carboxylic acids is 1. The van der Waals surface area contributed by atoms with Crippen LogP contribution in [0.4, 0.5) is 0 Å². The van der Waals surface area contributed by atoms with Crippen LogP contribution in [0.5, 0.6) is 0 Å². The van der Waals surface area contributed by atoms with Crippen molar-refractivity contribution in [1.82, 2.24) is 0 Å². The summed E-state index contributed by atoms with van der Waals surface area (Å²) in [6.45, 7) is 2.26. The Hall–Kier alpha value is -0.227. The molecule has 0 unspecified atom stereocenters. The third-order valence-electron chi connectivity index (χ3n) is 6.40. The first-order valence-electron chi connectivity index (χ1n) is 7.91. The quantitative estimate of drug-likeness (QED) is 0.576. The molecule has 4 atom stereocenters. The van der Waals surface area contributed by atoms with Gasteiger partial charge in [0, 0.05) is 0 Å². The van der Waals surface area contributed by atoms with E-state index in [2.05, 4.69) is 25.1 Å². The van der Waals surface area contributed by atoms with Crippen LogP contribution >= 0.6 is 0 Å². The van der Waals surface area contributed by atoms with Gasteiger partial charge in [-0.05, 0) is 0 Å². The molecular weight excluding hydrogens is 443 g/mol. The molecule has 2 fully saturated rings. The summed E-state index contributed by atoms with van der Waals surface area (Å²) in [5.41, 5.74) is 3.23. The Labute approximate surface area is 136 Å². The van der Waals surface area contributed by atoms with Gasteiger partial charge < -0.3 is 0 Å². The fourth-order valence-corrected chi connectivity index (χ4v) is 6.08.